The number of carbonyl (C=O) groups is 1. The molecule has 0 saturated heterocycles. The molecule has 0 unspecified atom stereocenters. The summed E-state index contributed by atoms with van der Waals surface area (Å²) in [7, 11) is 0. The molecule has 8 heteroatoms. The third kappa shape index (κ3) is 4.89. The highest BCUT2D eigenvalue weighted by Gasteiger charge is 2.08. The summed E-state index contributed by atoms with van der Waals surface area (Å²) in [5.74, 6) is -0.714. The summed E-state index contributed by atoms with van der Waals surface area (Å²) in [6.45, 7) is -0.458. The van der Waals surface area contributed by atoms with Crippen LogP contribution < -0.4 is 4.74 Å². The monoisotopic (exact) mass is 402 g/mol. The van der Waals surface area contributed by atoms with Gasteiger partial charge in [-0.15, -0.1) is 0 Å². The number of nitrogens with zero attached hydrogens (tertiary/aromatic N) is 2. The fraction of sp³-hybridized carbons (Fsp3) is 0.0588. The molecule has 0 heterocycles. The number of halogens is 1. The number of carboxylic acid groups (broad SMARTS) is 1. The highest BCUT2D eigenvalue weighted by Crippen LogP contribution is 2.28. The standard InChI is InChI=1S/C17H11BrN2O5/c18-15-8-11(1-6-16(15)25-10-17(21)22)7-13(9-19)12-2-4-14(5-3-12)20(23)24/h1-8H,10H2,(H,21,22)/b13-7+. The molecule has 0 radical (unpaired) electrons. The Labute approximate surface area is 151 Å². The van der Waals surface area contributed by atoms with Gasteiger partial charge < -0.3 is 9.84 Å². The number of nitro benzene ring substituents is 1. The summed E-state index contributed by atoms with van der Waals surface area (Å²) in [6.07, 6.45) is 1.62. The first-order valence-corrected chi connectivity index (χ1v) is 7.71. The number of rotatable bonds is 6. The van der Waals surface area contributed by atoms with Crippen LogP contribution in [0.15, 0.2) is 46.9 Å². The fourth-order valence-corrected chi connectivity index (χ4v) is 2.48. The minimum atomic E-state index is -1.08. The Balaban J connectivity index is 2.27. The number of nitro groups is 1. The zero-order valence-corrected chi connectivity index (χ0v) is 14.3. The Morgan fingerprint density at radius 1 is 1.32 bits per heavy atom. The van der Waals surface area contributed by atoms with E-state index in [0.29, 0.717) is 26.9 Å². The molecule has 0 fully saturated rings. The normalized spacial score (nSPS) is 10.8. The van der Waals surface area contributed by atoms with Crippen LogP contribution in [0.25, 0.3) is 11.6 Å². The van der Waals surface area contributed by atoms with Gasteiger partial charge in [0.1, 0.15) is 5.75 Å². The van der Waals surface area contributed by atoms with Gasteiger partial charge in [0, 0.05) is 12.1 Å². The minimum absolute atomic E-state index is 0.0521. The Bertz CT molecular complexity index is 885. The van der Waals surface area contributed by atoms with Crippen LogP contribution in [0.2, 0.25) is 0 Å². The van der Waals surface area contributed by atoms with Crippen LogP contribution in [0.1, 0.15) is 11.1 Å². The molecule has 0 atom stereocenters. The van der Waals surface area contributed by atoms with Crippen molar-refractivity contribution in [2.24, 2.45) is 0 Å². The van der Waals surface area contributed by atoms with Gasteiger partial charge >= 0.3 is 5.97 Å². The Hall–Kier alpha value is -3.18. The first-order valence-electron chi connectivity index (χ1n) is 6.91. The van der Waals surface area contributed by atoms with Crippen LogP contribution in [-0.2, 0) is 4.79 Å². The number of hydrogen-bond donors (Lipinski definition) is 1. The lowest BCUT2D eigenvalue weighted by Crippen LogP contribution is -2.09. The molecule has 126 valence electrons. The van der Waals surface area contributed by atoms with Crippen molar-refractivity contribution < 1.29 is 19.6 Å². The van der Waals surface area contributed by atoms with E-state index in [9.17, 15) is 20.2 Å². The molecule has 1 N–H and O–H groups in total. The highest BCUT2D eigenvalue weighted by molar-refractivity contribution is 9.10. The van der Waals surface area contributed by atoms with E-state index in [4.69, 9.17) is 9.84 Å². The van der Waals surface area contributed by atoms with Crippen LogP contribution >= 0.6 is 15.9 Å². The maximum Gasteiger partial charge on any atom is 0.341 e. The maximum absolute atomic E-state index is 10.7. The second-order valence-electron chi connectivity index (χ2n) is 4.85. The van der Waals surface area contributed by atoms with Crippen molar-refractivity contribution in [3.8, 4) is 11.8 Å². The van der Waals surface area contributed by atoms with E-state index >= 15 is 0 Å². The summed E-state index contributed by atoms with van der Waals surface area (Å²) >= 11 is 3.29. The molecule has 2 rings (SSSR count). The first kappa shape index (κ1) is 18.2. The predicted octanol–water partition coefficient (Wildman–Crippen LogP) is 3.88. The third-order valence-corrected chi connectivity index (χ3v) is 3.75. The SMILES string of the molecule is N#C/C(=C\c1ccc(OCC(=O)O)c(Br)c1)c1ccc([N+](=O)[O-])cc1. The molecule has 2 aromatic rings. The van der Waals surface area contributed by atoms with Crippen LogP contribution in [0.3, 0.4) is 0 Å². The molecule has 2 aromatic carbocycles. The van der Waals surface area contributed by atoms with Gasteiger partial charge in [-0.3, -0.25) is 10.1 Å². The second-order valence-corrected chi connectivity index (χ2v) is 5.70. The van der Waals surface area contributed by atoms with Crippen molar-refractivity contribution in [3.63, 3.8) is 0 Å². The zero-order chi connectivity index (χ0) is 18.4. The van der Waals surface area contributed by atoms with Gasteiger partial charge in [0.05, 0.1) is 21.0 Å². The van der Waals surface area contributed by atoms with E-state index in [0.717, 1.165) is 0 Å². The van der Waals surface area contributed by atoms with Crippen molar-refractivity contribution in [2.45, 2.75) is 0 Å². The Morgan fingerprint density at radius 2 is 2.00 bits per heavy atom. The number of nitriles is 1. The number of benzene rings is 2. The lowest BCUT2D eigenvalue weighted by Gasteiger charge is -2.07. The Morgan fingerprint density at radius 3 is 2.52 bits per heavy atom. The first-order chi connectivity index (χ1) is 11.9. The average molecular weight is 403 g/mol. The van der Waals surface area contributed by atoms with Gasteiger partial charge in [-0.2, -0.15) is 5.26 Å². The van der Waals surface area contributed by atoms with Gasteiger partial charge in [0.25, 0.3) is 5.69 Å². The molecule has 7 nitrogen and oxygen atoms in total. The average Bonchev–Trinajstić information content (AvgIpc) is 2.58. The molecule has 0 aliphatic carbocycles. The molecule has 0 aliphatic rings. The molecular formula is C17H11BrN2O5. The maximum atomic E-state index is 10.7. The summed E-state index contributed by atoms with van der Waals surface area (Å²) < 4.78 is 5.65. The van der Waals surface area contributed by atoms with Crippen molar-refractivity contribution in [3.05, 3.63) is 68.2 Å². The Kier molecular flexibility index (Phi) is 5.87. The van der Waals surface area contributed by atoms with Gasteiger partial charge in [-0.1, -0.05) is 6.07 Å². The summed E-state index contributed by atoms with van der Waals surface area (Å²) in [4.78, 5) is 20.7. The number of ether oxygens (including phenoxy) is 1. The number of hydrogen-bond acceptors (Lipinski definition) is 5. The zero-order valence-electron chi connectivity index (χ0n) is 12.7. The lowest BCUT2D eigenvalue weighted by molar-refractivity contribution is -0.384. The third-order valence-electron chi connectivity index (χ3n) is 3.13. The molecular weight excluding hydrogens is 392 g/mol. The van der Waals surface area contributed by atoms with E-state index in [2.05, 4.69) is 22.0 Å². The molecule has 0 saturated carbocycles. The largest absolute Gasteiger partial charge is 0.481 e. The van der Waals surface area contributed by atoms with Crippen molar-refractivity contribution in [1.29, 1.82) is 5.26 Å². The van der Waals surface area contributed by atoms with E-state index in [1.807, 2.05) is 0 Å². The molecule has 25 heavy (non-hydrogen) atoms. The highest BCUT2D eigenvalue weighted by atomic mass is 79.9. The summed E-state index contributed by atoms with van der Waals surface area (Å²) in [5, 5.41) is 28.6. The number of aliphatic carboxylic acids is 1. The van der Waals surface area contributed by atoms with Crippen LogP contribution in [0.5, 0.6) is 5.75 Å². The van der Waals surface area contributed by atoms with Crippen LogP contribution in [-0.4, -0.2) is 22.6 Å². The second kappa shape index (κ2) is 8.08. The molecule has 0 amide bonds. The number of non-ortho nitro benzene ring substituents is 1. The van der Waals surface area contributed by atoms with E-state index in [1.54, 1.807) is 24.3 Å². The van der Waals surface area contributed by atoms with Gasteiger partial charge in [0.2, 0.25) is 0 Å². The quantitative estimate of drug-likeness (QED) is 0.339. The predicted molar refractivity (Wildman–Crippen MR) is 93.9 cm³/mol. The molecule has 0 bridgehead atoms. The summed E-state index contributed by atoms with van der Waals surface area (Å²) in [5.41, 5.74) is 1.52. The van der Waals surface area contributed by atoms with Crippen molar-refractivity contribution in [1.82, 2.24) is 0 Å². The molecule has 0 aliphatic heterocycles. The molecule has 0 aromatic heterocycles. The smallest absolute Gasteiger partial charge is 0.341 e. The molecule has 0 spiro atoms. The minimum Gasteiger partial charge on any atom is -0.481 e. The van der Waals surface area contributed by atoms with Gasteiger partial charge in [-0.05, 0) is 57.4 Å². The van der Waals surface area contributed by atoms with Gasteiger partial charge in [0.15, 0.2) is 6.61 Å². The fourth-order valence-electron chi connectivity index (χ4n) is 1.97. The van der Waals surface area contributed by atoms with Crippen LogP contribution in [0, 0.1) is 21.4 Å². The van der Waals surface area contributed by atoms with Gasteiger partial charge in [-0.25, -0.2) is 4.79 Å². The van der Waals surface area contributed by atoms with Crippen LogP contribution in [0.4, 0.5) is 5.69 Å². The topological polar surface area (TPSA) is 113 Å². The van der Waals surface area contributed by atoms with E-state index < -0.39 is 17.5 Å². The number of allylic oxidation sites excluding steroid dienone is 1. The van der Waals surface area contributed by atoms with E-state index in [1.165, 1.54) is 24.3 Å². The van der Waals surface area contributed by atoms with Crippen molar-refractivity contribution in [2.75, 3.05) is 6.61 Å². The number of carboxylic acids is 1. The lowest BCUT2D eigenvalue weighted by atomic mass is 10.0. The summed E-state index contributed by atoms with van der Waals surface area (Å²) in [6, 6.07) is 12.7. The van der Waals surface area contributed by atoms with Crippen molar-refractivity contribution >= 4 is 39.2 Å². The van der Waals surface area contributed by atoms with E-state index in [-0.39, 0.29) is 5.69 Å².